The molecule has 0 aromatic heterocycles. The number of carbonyl (C=O) groups is 1. The molecule has 0 aromatic rings. The van der Waals surface area contributed by atoms with Crippen LogP contribution in [0.1, 0.15) is 26.2 Å². The third-order valence-electron chi connectivity index (χ3n) is 3.22. The van der Waals surface area contributed by atoms with Gasteiger partial charge in [0.05, 0.1) is 6.04 Å². The molecule has 2 rings (SSSR count). The standard InChI is InChI=1S/C10H18N2O/c1-8-3-6-12(7-4-8)10(13)9-2-5-11-9/h8-9,11H,2-7H2,1H3. The number of hydrogen-bond donors (Lipinski definition) is 1. The first-order valence-corrected chi connectivity index (χ1v) is 5.29. The summed E-state index contributed by atoms with van der Waals surface area (Å²) in [4.78, 5) is 13.8. The molecule has 0 aromatic carbocycles. The molecular formula is C10H18N2O. The molecule has 0 radical (unpaired) electrons. The maximum absolute atomic E-state index is 11.8. The van der Waals surface area contributed by atoms with Gasteiger partial charge in [0.2, 0.25) is 5.91 Å². The normalized spacial score (nSPS) is 29.9. The van der Waals surface area contributed by atoms with Crippen molar-refractivity contribution in [1.29, 1.82) is 0 Å². The monoisotopic (exact) mass is 182 g/mol. The maximum Gasteiger partial charge on any atom is 0.239 e. The molecule has 0 spiro atoms. The zero-order valence-electron chi connectivity index (χ0n) is 8.25. The lowest BCUT2D eigenvalue weighted by atomic mass is 9.97. The lowest BCUT2D eigenvalue weighted by Crippen LogP contribution is -2.55. The average Bonchev–Trinajstić information content (AvgIpc) is 2.02. The van der Waals surface area contributed by atoms with Gasteiger partial charge in [-0.2, -0.15) is 0 Å². The van der Waals surface area contributed by atoms with E-state index in [1.807, 2.05) is 4.90 Å². The first kappa shape index (κ1) is 9.00. The fourth-order valence-corrected chi connectivity index (χ4v) is 1.95. The van der Waals surface area contributed by atoms with Gasteiger partial charge < -0.3 is 10.2 Å². The van der Waals surface area contributed by atoms with Crippen LogP contribution in [-0.2, 0) is 4.79 Å². The summed E-state index contributed by atoms with van der Waals surface area (Å²) in [5.74, 6) is 1.14. The van der Waals surface area contributed by atoms with Gasteiger partial charge in [-0.3, -0.25) is 4.79 Å². The molecule has 1 atom stereocenters. The molecule has 2 aliphatic heterocycles. The minimum absolute atomic E-state index is 0.147. The van der Waals surface area contributed by atoms with Crippen molar-refractivity contribution in [1.82, 2.24) is 10.2 Å². The number of hydrogen-bond acceptors (Lipinski definition) is 2. The van der Waals surface area contributed by atoms with Crippen LogP contribution in [0.4, 0.5) is 0 Å². The number of likely N-dealkylation sites (tertiary alicyclic amines) is 1. The van der Waals surface area contributed by atoms with Crippen LogP contribution < -0.4 is 5.32 Å². The highest BCUT2D eigenvalue weighted by Crippen LogP contribution is 2.18. The van der Waals surface area contributed by atoms with Crippen molar-refractivity contribution in [2.45, 2.75) is 32.2 Å². The van der Waals surface area contributed by atoms with Crippen molar-refractivity contribution in [3.8, 4) is 0 Å². The van der Waals surface area contributed by atoms with Crippen molar-refractivity contribution < 1.29 is 4.79 Å². The molecule has 74 valence electrons. The van der Waals surface area contributed by atoms with Crippen molar-refractivity contribution in [2.75, 3.05) is 19.6 Å². The summed E-state index contributed by atoms with van der Waals surface area (Å²) < 4.78 is 0. The second-order valence-electron chi connectivity index (χ2n) is 4.30. The third-order valence-corrected chi connectivity index (χ3v) is 3.22. The van der Waals surface area contributed by atoms with Crippen LogP contribution in [0, 0.1) is 5.92 Å². The van der Waals surface area contributed by atoms with E-state index in [1.54, 1.807) is 0 Å². The molecule has 1 unspecified atom stereocenters. The number of nitrogens with one attached hydrogen (secondary N) is 1. The summed E-state index contributed by atoms with van der Waals surface area (Å²) >= 11 is 0. The fraction of sp³-hybridized carbons (Fsp3) is 0.900. The number of nitrogens with zero attached hydrogens (tertiary/aromatic N) is 1. The van der Waals surface area contributed by atoms with Crippen molar-refractivity contribution in [3.63, 3.8) is 0 Å². The Bertz CT molecular complexity index is 193. The van der Waals surface area contributed by atoms with E-state index >= 15 is 0 Å². The molecule has 0 aliphatic carbocycles. The molecule has 2 saturated heterocycles. The molecule has 0 bridgehead atoms. The van der Waals surface area contributed by atoms with Crippen molar-refractivity contribution in [3.05, 3.63) is 0 Å². The molecule has 3 heteroatoms. The largest absolute Gasteiger partial charge is 0.341 e. The van der Waals surface area contributed by atoms with Gasteiger partial charge in [0, 0.05) is 13.1 Å². The van der Waals surface area contributed by atoms with E-state index in [1.165, 1.54) is 12.8 Å². The highest BCUT2D eigenvalue weighted by atomic mass is 16.2. The van der Waals surface area contributed by atoms with E-state index in [0.29, 0.717) is 5.91 Å². The van der Waals surface area contributed by atoms with Gasteiger partial charge in [0.15, 0.2) is 0 Å². The summed E-state index contributed by atoms with van der Waals surface area (Å²) in [5.41, 5.74) is 0. The Morgan fingerprint density at radius 3 is 2.38 bits per heavy atom. The van der Waals surface area contributed by atoms with Crippen LogP contribution in [0.3, 0.4) is 0 Å². The summed E-state index contributed by atoms with van der Waals surface area (Å²) in [7, 11) is 0. The smallest absolute Gasteiger partial charge is 0.239 e. The topological polar surface area (TPSA) is 32.3 Å². The second-order valence-corrected chi connectivity index (χ2v) is 4.30. The van der Waals surface area contributed by atoms with Crippen LogP contribution >= 0.6 is 0 Å². The van der Waals surface area contributed by atoms with Gasteiger partial charge in [0.1, 0.15) is 0 Å². The van der Waals surface area contributed by atoms with Crippen LogP contribution in [-0.4, -0.2) is 36.5 Å². The van der Waals surface area contributed by atoms with Crippen LogP contribution in [0.15, 0.2) is 0 Å². The second kappa shape index (κ2) is 3.66. The van der Waals surface area contributed by atoms with Crippen molar-refractivity contribution in [2.24, 2.45) is 5.92 Å². The minimum atomic E-state index is 0.147. The molecule has 2 heterocycles. The van der Waals surface area contributed by atoms with E-state index in [2.05, 4.69) is 12.2 Å². The third kappa shape index (κ3) is 1.85. The summed E-state index contributed by atoms with van der Waals surface area (Å²) in [6.45, 7) is 5.22. The minimum Gasteiger partial charge on any atom is -0.341 e. The highest BCUT2D eigenvalue weighted by Gasteiger charge is 2.30. The van der Waals surface area contributed by atoms with E-state index in [4.69, 9.17) is 0 Å². The first-order chi connectivity index (χ1) is 6.27. The van der Waals surface area contributed by atoms with E-state index < -0.39 is 0 Å². The van der Waals surface area contributed by atoms with Gasteiger partial charge in [0.25, 0.3) is 0 Å². The van der Waals surface area contributed by atoms with E-state index in [0.717, 1.165) is 32.0 Å². The SMILES string of the molecule is CC1CCN(C(=O)C2CCN2)CC1. The van der Waals surface area contributed by atoms with Gasteiger partial charge >= 0.3 is 0 Å². The van der Waals surface area contributed by atoms with Crippen LogP contribution in [0.5, 0.6) is 0 Å². The number of piperidine rings is 1. The average molecular weight is 182 g/mol. The molecule has 2 aliphatic rings. The number of rotatable bonds is 1. The lowest BCUT2D eigenvalue weighted by molar-refractivity contribution is -0.136. The van der Waals surface area contributed by atoms with E-state index in [-0.39, 0.29) is 6.04 Å². The van der Waals surface area contributed by atoms with Gasteiger partial charge in [-0.25, -0.2) is 0 Å². The molecular weight excluding hydrogens is 164 g/mol. The van der Waals surface area contributed by atoms with Crippen LogP contribution in [0.25, 0.3) is 0 Å². The molecule has 3 nitrogen and oxygen atoms in total. The fourth-order valence-electron chi connectivity index (χ4n) is 1.95. The summed E-state index contributed by atoms with van der Waals surface area (Å²) in [6, 6.07) is 0.147. The predicted molar refractivity (Wildman–Crippen MR) is 51.4 cm³/mol. The molecule has 1 amide bonds. The van der Waals surface area contributed by atoms with Crippen LogP contribution in [0.2, 0.25) is 0 Å². The predicted octanol–water partition coefficient (Wildman–Crippen LogP) is 0.607. The van der Waals surface area contributed by atoms with Gasteiger partial charge in [-0.1, -0.05) is 6.92 Å². The number of carbonyl (C=O) groups excluding carboxylic acids is 1. The summed E-state index contributed by atoms with van der Waals surface area (Å²) in [6.07, 6.45) is 3.39. The molecule has 2 fully saturated rings. The Labute approximate surface area is 79.5 Å². The zero-order valence-corrected chi connectivity index (χ0v) is 8.25. The van der Waals surface area contributed by atoms with Crippen molar-refractivity contribution >= 4 is 5.91 Å². The Kier molecular flexibility index (Phi) is 2.54. The maximum atomic E-state index is 11.8. The summed E-state index contributed by atoms with van der Waals surface area (Å²) in [5, 5.41) is 3.16. The Hall–Kier alpha value is -0.570. The molecule has 0 saturated carbocycles. The highest BCUT2D eigenvalue weighted by molar-refractivity contribution is 5.82. The zero-order chi connectivity index (χ0) is 9.26. The van der Waals surface area contributed by atoms with E-state index in [9.17, 15) is 4.79 Å². The first-order valence-electron chi connectivity index (χ1n) is 5.29. The van der Waals surface area contributed by atoms with Gasteiger partial charge in [-0.05, 0) is 31.7 Å². The Balaban J connectivity index is 1.83. The Morgan fingerprint density at radius 2 is 1.92 bits per heavy atom. The van der Waals surface area contributed by atoms with Gasteiger partial charge in [-0.15, -0.1) is 0 Å². The molecule has 13 heavy (non-hydrogen) atoms. The lowest BCUT2D eigenvalue weighted by Gasteiger charge is -2.36. The Morgan fingerprint density at radius 1 is 1.31 bits per heavy atom. The quantitative estimate of drug-likeness (QED) is 0.644. The molecule has 1 N–H and O–H groups in total. The number of amides is 1.